The number of amides is 1. The Morgan fingerprint density at radius 2 is 2.00 bits per heavy atom. The predicted molar refractivity (Wildman–Crippen MR) is 60.2 cm³/mol. The molecule has 0 aromatic heterocycles. The van der Waals surface area contributed by atoms with Crippen molar-refractivity contribution in [2.45, 2.75) is 18.2 Å². The average molecular weight is 264 g/mol. The van der Waals surface area contributed by atoms with Crippen LogP contribution in [0.25, 0.3) is 0 Å². The molecule has 8 heteroatoms. The summed E-state index contributed by atoms with van der Waals surface area (Å²) < 4.78 is -0.388. The topological polar surface area (TPSA) is 72.3 Å². The summed E-state index contributed by atoms with van der Waals surface area (Å²) in [6.07, 6.45) is 0. The van der Waals surface area contributed by atoms with E-state index in [1.54, 1.807) is 6.92 Å². The summed E-state index contributed by atoms with van der Waals surface area (Å²) in [5, 5.41) is 0. The number of nitrogens with two attached hydrogens (primary N) is 2. The van der Waals surface area contributed by atoms with Crippen molar-refractivity contribution in [3.63, 3.8) is 0 Å². The second-order valence-electron chi connectivity index (χ2n) is 2.58. The molecule has 4 N–H and O–H groups in total. The summed E-state index contributed by atoms with van der Waals surface area (Å²) in [6.45, 7) is 0.583. The molecule has 0 rings (SSSR count). The van der Waals surface area contributed by atoms with Crippen LogP contribution in [0.15, 0.2) is 0 Å². The van der Waals surface area contributed by atoms with Gasteiger partial charge >= 0.3 is 0 Å². The van der Waals surface area contributed by atoms with Gasteiger partial charge in [-0.25, -0.2) is 0 Å². The molecule has 0 fully saturated rings. The fourth-order valence-electron chi connectivity index (χ4n) is 0.733. The van der Waals surface area contributed by atoms with Gasteiger partial charge < -0.3 is 0 Å². The van der Waals surface area contributed by atoms with Crippen molar-refractivity contribution in [2.75, 3.05) is 6.54 Å². The van der Waals surface area contributed by atoms with E-state index in [-0.39, 0.29) is 0 Å². The molecule has 0 heterocycles. The van der Waals surface area contributed by atoms with Crippen LogP contribution in [0.3, 0.4) is 0 Å². The monoisotopic (exact) mass is 263 g/mol. The van der Waals surface area contributed by atoms with Gasteiger partial charge in [-0.1, -0.05) is 23.2 Å². The highest BCUT2D eigenvalue weighted by Crippen LogP contribution is 2.36. The predicted octanol–water partition coefficient (Wildman–Crippen LogP) is 1.17. The maximum absolute atomic E-state index is 11.5. The van der Waals surface area contributed by atoms with Gasteiger partial charge in [-0.05, 0) is 25.7 Å². The molecular formula is C5H12Cl2N3OPS. The zero-order chi connectivity index (χ0) is 10.9. The Balaban J connectivity index is 4.83. The number of carbonyl (C=O) groups is 1. The third kappa shape index (κ3) is 4.11. The molecule has 4 nitrogen and oxygen atoms in total. The molecule has 0 aliphatic heterocycles. The van der Waals surface area contributed by atoms with E-state index in [0.717, 1.165) is 4.67 Å². The van der Waals surface area contributed by atoms with Gasteiger partial charge in [0.1, 0.15) is 0 Å². The lowest BCUT2D eigenvalue weighted by Crippen LogP contribution is -2.41. The van der Waals surface area contributed by atoms with Gasteiger partial charge in [0.25, 0.3) is 5.91 Å². The zero-order valence-electron chi connectivity index (χ0n) is 7.33. The highest BCUT2D eigenvalue weighted by atomic mass is 35.5. The Labute approximate surface area is 92.7 Å². The second kappa shape index (κ2) is 4.43. The minimum absolute atomic E-state index is 0.304. The minimum Gasteiger partial charge on any atom is -0.289 e. The number of nitrogens with zero attached hydrogens (tertiary/aromatic N) is 1. The van der Waals surface area contributed by atoms with Gasteiger partial charge in [0.2, 0.25) is 0 Å². The second-order valence-corrected chi connectivity index (χ2v) is 7.87. The van der Waals surface area contributed by atoms with Crippen molar-refractivity contribution in [3.05, 3.63) is 0 Å². The maximum atomic E-state index is 11.5. The number of hydrogen-bond donors (Lipinski definition) is 2. The highest BCUT2D eigenvalue weighted by Gasteiger charge is 2.35. The highest BCUT2D eigenvalue weighted by molar-refractivity contribution is 8.11. The number of alkyl halides is 2. The number of halogens is 2. The summed E-state index contributed by atoms with van der Waals surface area (Å²) in [7, 11) is 0. The Morgan fingerprint density at radius 1 is 1.62 bits per heavy atom. The average Bonchev–Trinajstić information content (AvgIpc) is 1.83. The summed E-state index contributed by atoms with van der Waals surface area (Å²) in [4.78, 5) is 11.5. The fraction of sp³-hybridized carbons (Fsp3) is 0.800. The molecule has 1 amide bonds. The lowest BCUT2D eigenvalue weighted by molar-refractivity contribution is -0.126. The van der Waals surface area contributed by atoms with E-state index in [0.29, 0.717) is 6.54 Å². The van der Waals surface area contributed by atoms with Crippen LogP contribution in [0.2, 0.25) is 0 Å². The largest absolute Gasteiger partial charge is 0.289 e. The molecule has 13 heavy (non-hydrogen) atoms. The standard InChI is InChI=1S/C5H12Cl2N3OPS/c1-3-10(12(8,9)13)4(11)5(2,6)7/h3H2,1-2H3,(H4,8,9,13). The Bertz CT molecular complexity index is 249. The first kappa shape index (κ1) is 13.6. The van der Waals surface area contributed by atoms with Crippen LogP contribution < -0.4 is 11.0 Å². The molecular weight excluding hydrogens is 252 g/mol. The Kier molecular flexibility index (Phi) is 4.64. The van der Waals surface area contributed by atoms with Gasteiger partial charge in [0.15, 0.2) is 10.8 Å². The van der Waals surface area contributed by atoms with E-state index in [4.69, 9.17) is 46.0 Å². The van der Waals surface area contributed by atoms with E-state index >= 15 is 0 Å². The van der Waals surface area contributed by atoms with Crippen LogP contribution >= 0.6 is 29.7 Å². The quantitative estimate of drug-likeness (QED) is 0.593. The molecule has 0 aliphatic carbocycles. The molecule has 0 aromatic carbocycles. The molecule has 0 saturated carbocycles. The van der Waals surface area contributed by atoms with Crippen molar-refractivity contribution in [1.82, 2.24) is 4.67 Å². The van der Waals surface area contributed by atoms with Gasteiger partial charge in [-0.3, -0.25) is 20.5 Å². The lowest BCUT2D eigenvalue weighted by Gasteiger charge is -2.30. The molecule has 0 spiro atoms. The van der Waals surface area contributed by atoms with Crippen molar-refractivity contribution in [3.8, 4) is 0 Å². The van der Waals surface area contributed by atoms with Crippen LogP contribution in [-0.4, -0.2) is 21.5 Å². The summed E-state index contributed by atoms with van der Waals surface area (Å²) in [6, 6.07) is 0. The van der Waals surface area contributed by atoms with E-state index in [2.05, 4.69) is 0 Å². The molecule has 0 bridgehead atoms. The first-order valence-electron chi connectivity index (χ1n) is 3.48. The molecule has 0 unspecified atom stereocenters. The van der Waals surface area contributed by atoms with E-state index < -0.39 is 16.7 Å². The normalized spacial score (nSPS) is 12.8. The van der Waals surface area contributed by atoms with Crippen molar-refractivity contribution >= 4 is 47.4 Å². The van der Waals surface area contributed by atoms with E-state index in [1.165, 1.54) is 6.92 Å². The first-order chi connectivity index (χ1) is 5.60. The van der Waals surface area contributed by atoms with Gasteiger partial charge in [0.05, 0.1) is 0 Å². The van der Waals surface area contributed by atoms with E-state index in [9.17, 15) is 4.79 Å². The van der Waals surface area contributed by atoms with Gasteiger partial charge in [-0.2, -0.15) is 0 Å². The molecule has 0 atom stereocenters. The fourth-order valence-corrected chi connectivity index (χ4v) is 2.55. The molecule has 78 valence electrons. The first-order valence-corrected chi connectivity index (χ1v) is 7.13. The number of rotatable bonds is 3. The van der Waals surface area contributed by atoms with Crippen LogP contribution in [0, 0.1) is 0 Å². The molecule has 0 aliphatic rings. The SMILES string of the molecule is CCN(C(=O)C(C)(Cl)Cl)P(N)(N)=S. The Hall–Kier alpha value is 0.620. The molecule has 0 radical (unpaired) electrons. The zero-order valence-corrected chi connectivity index (χ0v) is 10.6. The summed E-state index contributed by atoms with van der Waals surface area (Å²) in [5.41, 5.74) is 11.0. The van der Waals surface area contributed by atoms with Crippen molar-refractivity contribution in [2.24, 2.45) is 11.0 Å². The smallest absolute Gasteiger partial charge is 0.264 e. The van der Waals surface area contributed by atoms with Crippen molar-refractivity contribution in [1.29, 1.82) is 0 Å². The summed E-state index contributed by atoms with van der Waals surface area (Å²) >= 11 is 16.0. The third-order valence-corrected chi connectivity index (χ3v) is 3.42. The Morgan fingerprint density at radius 3 is 2.08 bits per heavy atom. The maximum Gasteiger partial charge on any atom is 0.264 e. The van der Waals surface area contributed by atoms with Crippen LogP contribution in [0.5, 0.6) is 0 Å². The number of hydrogen-bond acceptors (Lipinski definition) is 2. The van der Waals surface area contributed by atoms with Crippen LogP contribution in [0.4, 0.5) is 0 Å². The van der Waals surface area contributed by atoms with Gasteiger partial charge in [0, 0.05) is 6.54 Å². The molecule has 0 saturated heterocycles. The number of carbonyl (C=O) groups excluding carboxylic acids is 1. The summed E-state index contributed by atoms with van der Waals surface area (Å²) in [5.74, 6) is -0.549. The molecule has 0 aromatic rings. The third-order valence-electron chi connectivity index (χ3n) is 1.29. The van der Waals surface area contributed by atoms with Crippen LogP contribution in [0.1, 0.15) is 13.8 Å². The van der Waals surface area contributed by atoms with Crippen molar-refractivity contribution < 1.29 is 4.79 Å². The van der Waals surface area contributed by atoms with Crippen LogP contribution in [-0.2, 0) is 16.6 Å². The van der Waals surface area contributed by atoms with E-state index in [1.807, 2.05) is 0 Å². The van der Waals surface area contributed by atoms with Gasteiger partial charge in [-0.15, -0.1) is 0 Å². The lowest BCUT2D eigenvalue weighted by atomic mass is 10.4. The minimum atomic E-state index is -2.78.